The first-order valence-electron chi connectivity index (χ1n) is 50.8. The number of nitrogens with zero attached hydrogens (tertiary/aromatic N) is 8. The summed E-state index contributed by atoms with van der Waals surface area (Å²) < 4.78 is 54.5. The number of unbranched alkanes of at least 4 members (excludes halogenated alkanes) is 2. The van der Waals surface area contributed by atoms with Gasteiger partial charge in [-0.05, 0) is 195 Å². The molecule has 2 unspecified atom stereocenters. The van der Waals surface area contributed by atoms with Crippen LogP contribution >= 0.6 is 0 Å². The average Bonchev–Trinajstić information content (AvgIpc) is 0.870. The van der Waals surface area contributed by atoms with Crippen molar-refractivity contribution in [3.63, 3.8) is 0 Å². The van der Waals surface area contributed by atoms with Crippen molar-refractivity contribution in [2.24, 2.45) is 0 Å². The molecule has 0 N–H and O–H groups in total. The Labute approximate surface area is 770 Å². The molecule has 4 aromatic carbocycles. The minimum absolute atomic E-state index is 0.570. The van der Waals surface area contributed by atoms with Crippen LogP contribution in [0.4, 0.5) is 0 Å². The molecule has 0 amide bonds. The van der Waals surface area contributed by atoms with Crippen LogP contribution in [0.5, 0.6) is 23.0 Å². The predicted octanol–water partition coefficient (Wildman–Crippen LogP) is 23.8. The van der Waals surface area contributed by atoms with E-state index in [2.05, 4.69) is 180 Å². The molecule has 2 saturated carbocycles. The topological polar surface area (TPSA) is 73.8 Å². The normalized spacial score (nSPS) is 14.1. The Bertz CT molecular complexity index is 2890. The standard InChI is InChI=1S/C17H36NO.C17H30NO.C16H34NO.C16H28NO.C14H24NO.C11H18NO.C10H22NO.C7H16NO/c2*1-4-7-14-18(6-3,13-5-2)15-16-19-17-11-9-8-10-12-17;2*1-4-12-17(6-3,13-5-2)14-15-18-16-10-8-7-9-11-16;1-4-15(5-2,6-3)12-13-16-14-10-8-7-9-11-14;1-12(2,3)9-10-13-11-7-5-4-6-8-11;1-5-11(6-2,7-3)9-10-12-8-4;1-5-9-7-6-8(2,3)4/h17H,4-16H2,1-3H3;8-12H,4-7,13-16H2,1-3H3;16H,4-15H2,1-3H3;7-11H,4-6,12-15H2,1-3H3;7-11H,4-6,12-13H2,1-3H3;4-8H,9-10H2,1-3H3;8H,4-7,9-10H2,1-3H3;5H,1,6-7H2,2-4H3/q8*+1. The highest BCUT2D eigenvalue weighted by atomic mass is 16.5. The van der Waals surface area contributed by atoms with Crippen LogP contribution in [0.2, 0.25) is 0 Å². The number of hydrogen-bond donors (Lipinski definition) is 0. The second-order valence-corrected chi connectivity index (χ2v) is 37.1. The number of ether oxygens (including phenoxy) is 8. The molecule has 0 aromatic heterocycles. The molecule has 2 aliphatic carbocycles. The lowest BCUT2D eigenvalue weighted by atomic mass is 9.98. The molecule has 16 nitrogen and oxygen atoms in total. The molecule has 0 radical (unpaired) electrons. The van der Waals surface area contributed by atoms with Gasteiger partial charge in [0.2, 0.25) is 0 Å². The maximum Gasteiger partial charge on any atom is 0.137 e. The van der Waals surface area contributed by atoms with E-state index in [4.69, 9.17) is 37.9 Å². The summed E-state index contributed by atoms with van der Waals surface area (Å²) in [5, 5.41) is 0. The van der Waals surface area contributed by atoms with Gasteiger partial charge in [-0.15, -0.1) is 0 Å². The third-order valence-electron chi connectivity index (χ3n) is 26.1. The Kier molecular flexibility index (Phi) is 74.6. The SMILES string of the molecule is C=COCC[N+](C)(C)C.C=COCC[N+](CC)(CC)CC.CCCC[N+](CC)(CCC)CCOC1CCCCC1.CCCC[N+](CC)(CCC)CCOc1ccccc1.CCC[N+](CC)(CCC)CCOC1CCCCC1.CCC[N+](CC)(CCC)CCOc1ccccc1.CC[N+](CC)(CC)CCOc1ccccc1.C[N+](C)(C)CCOc1ccccc1. The third-order valence-corrected chi connectivity index (χ3v) is 26.1. The van der Waals surface area contributed by atoms with Crippen LogP contribution in [-0.2, 0) is 18.9 Å². The van der Waals surface area contributed by atoms with Gasteiger partial charge in [-0.2, -0.15) is 0 Å². The monoisotopic (exact) mass is 1750 g/mol. The lowest BCUT2D eigenvalue weighted by molar-refractivity contribution is -0.927. The maximum absolute atomic E-state index is 6.15. The molecule has 0 aliphatic heterocycles. The van der Waals surface area contributed by atoms with Crippen molar-refractivity contribution in [3.8, 4) is 23.0 Å². The number of rotatable bonds is 60. The van der Waals surface area contributed by atoms with E-state index in [1.807, 2.05) is 121 Å². The molecule has 2 atom stereocenters. The van der Waals surface area contributed by atoms with Crippen LogP contribution in [-0.4, -0.2) is 313 Å². The van der Waals surface area contributed by atoms with Gasteiger partial charge in [0.15, 0.2) is 0 Å². The molecule has 2 aliphatic rings. The van der Waals surface area contributed by atoms with Crippen LogP contribution in [0, 0.1) is 0 Å². The van der Waals surface area contributed by atoms with Crippen molar-refractivity contribution in [1.29, 1.82) is 0 Å². The zero-order valence-corrected chi connectivity index (χ0v) is 86.3. The summed E-state index contributed by atoms with van der Waals surface area (Å²) in [6.45, 7) is 86.2. The van der Waals surface area contributed by atoms with E-state index < -0.39 is 0 Å². The number of quaternary nitrogens is 8. The van der Waals surface area contributed by atoms with E-state index in [0.29, 0.717) is 12.2 Å². The molecule has 2 fully saturated rings. The highest BCUT2D eigenvalue weighted by Crippen LogP contribution is 2.24. The molecule has 0 heterocycles. The molecule has 0 bridgehead atoms. The Morgan fingerprint density at radius 3 is 0.677 bits per heavy atom. The minimum Gasteiger partial charge on any atom is -0.496 e. The van der Waals surface area contributed by atoms with Gasteiger partial charge in [0.05, 0.1) is 198 Å². The maximum atomic E-state index is 6.15. The van der Waals surface area contributed by atoms with E-state index in [9.17, 15) is 0 Å². The molecule has 720 valence electrons. The van der Waals surface area contributed by atoms with Gasteiger partial charge in [-0.3, -0.25) is 0 Å². The molecular weight excluding hydrogens is 1540 g/mol. The van der Waals surface area contributed by atoms with Crippen LogP contribution in [0.1, 0.15) is 253 Å². The summed E-state index contributed by atoms with van der Waals surface area (Å²) in [7, 11) is 12.9. The van der Waals surface area contributed by atoms with Gasteiger partial charge in [0.1, 0.15) is 115 Å². The van der Waals surface area contributed by atoms with Gasteiger partial charge in [0, 0.05) is 0 Å². The lowest BCUT2D eigenvalue weighted by Crippen LogP contribution is -2.51. The highest BCUT2D eigenvalue weighted by molar-refractivity contribution is 5.23. The van der Waals surface area contributed by atoms with Gasteiger partial charge >= 0.3 is 0 Å². The van der Waals surface area contributed by atoms with Crippen molar-refractivity contribution in [2.45, 2.75) is 265 Å². The quantitative estimate of drug-likeness (QED) is 0.0246. The van der Waals surface area contributed by atoms with Crippen molar-refractivity contribution >= 4 is 0 Å². The van der Waals surface area contributed by atoms with Crippen molar-refractivity contribution < 1.29 is 73.8 Å². The Balaban J connectivity index is 0. The molecule has 16 heteroatoms. The first-order valence-corrected chi connectivity index (χ1v) is 50.8. The van der Waals surface area contributed by atoms with E-state index in [0.717, 1.165) is 133 Å². The number of likely N-dealkylation sites (N-methyl/N-ethyl adjacent to an activating group) is 8. The van der Waals surface area contributed by atoms with Crippen LogP contribution in [0.15, 0.2) is 147 Å². The first kappa shape index (κ1) is 121. The van der Waals surface area contributed by atoms with Crippen molar-refractivity contribution in [1.82, 2.24) is 0 Å². The summed E-state index contributed by atoms with van der Waals surface area (Å²) >= 11 is 0. The van der Waals surface area contributed by atoms with Crippen LogP contribution in [0.3, 0.4) is 0 Å². The zero-order chi connectivity index (χ0) is 92.9. The van der Waals surface area contributed by atoms with E-state index in [1.54, 1.807) is 0 Å². The number of hydrogen-bond acceptors (Lipinski definition) is 8. The van der Waals surface area contributed by atoms with Gasteiger partial charge in [0.25, 0.3) is 0 Å². The number of para-hydroxylation sites is 4. The summed E-state index contributed by atoms with van der Waals surface area (Å²) in [5.41, 5.74) is 0. The zero-order valence-electron chi connectivity index (χ0n) is 86.3. The van der Waals surface area contributed by atoms with Crippen molar-refractivity contribution in [3.05, 3.63) is 147 Å². The number of benzene rings is 4. The molecule has 0 spiro atoms. The molecular formula is C108H208N8O8+8. The fraction of sp³-hybridized carbons (Fsp3) is 0.741. The molecule has 124 heavy (non-hydrogen) atoms. The second-order valence-electron chi connectivity index (χ2n) is 37.1. The van der Waals surface area contributed by atoms with Gasteiger partial charge < -0.3 is 73.8 Å². The van der Waals surface area contributed by atoms with Crippen LogP contribution in [0.25, 0.3) is 0 Å². The summed E-state index contributed by atoms with van der Waals surface area (Å²) in [4.78, 5) is 0. The Hall–Kier alpha value is -5.24. The smallest absolute Gasteiger partial charge is 0.137 e. The molecule has 0 saturated heterocycles. The fourth-order valence-corrected chi connectivity index (χ4v) is 17.0. The summed E-state index contributed by atoms with van der Waals surface area (Å²) in [6.07, 6.45) is 30.6. The average molecular weight is 1750 g/mol. The predicted molar refractivity (Wildman–Crippen MR) is 538 cm³/mol. The lowest BCUT2D eigenvalue weighted by Gasteiger charge is -2.38. The summed E-state index contributed by atoms with van der Waals surface area (Å²) in [6, 6.07) is 40.3. The van der Waals surface area contributed by atoms with Crippen molar-refractivity contribution in [2.75, 3.05) is 265 Å². The largest absolute Gasteiger partial charge is 0.496 e. The fourth-order valence-electron chi connectivity index (χ4n) is 17.0. The highest BCUT2D eigenvalue weighted by Gasteiger charge is 2.29. The minimum atomic E-state index is 0.570. The van der Waals surface area contributed by atoms with Crippen LogP contribution < -0.4 is 18.9 Å². The first-order chi connectivity index (χ1) is 59.7. The van der Waals surface area contributed by atoms with Gasteiger partial charge in [-0.25, -0.2) is 0 Å². The Morgan fingerprint density at radius 2 is 0.452 bits per heavy atom. The second kappa shape index (κ2) is 76.6. The van der Waals surface area contributed by atoms with E-state index in [1.165, 1.54) is 290 Å². The molecule has 4 aromatic rings. The van der Waals surface area contributed by atoms with E-state index >= 15 is 0 Å². The van der Waals surface area contributed by atoms with Gasteiger partial charge in [-0.1, -0.05) is 193 Å². The summed E-state index contributed by atoms with van der Waals surface area (Å²) in [5.74, 6) is 3.91. The Morgan fingerprint density at radius 1 is 0.242 bits per heavy atom. The molecule has 6 rings (SSSR count). The van der Waals surface area contributed by atoms with E-state index in [-0.39, 0.29) is 0 Å². The third kappa shape index (κ3) is 60.5.